The van der Waals surface area contributed by atoms with Gasteiger partial charge in [-0.2, -0.15) is 0 Å². The third-order valence-electron chi connectivity index (χ3n) is 6.18. The zero-order valence-corrected chi connectivity index (χ0v) is 24.1. The molecule has 1 aromatic carbocycles. The van der Waals surface area contributed by atoms with Crippen molar-refractivity contribution in [3.63, 3.8) is 0 Å². The molecule has 0 unspecified atom stereocenters. The number of aromatic nitrogens is 1. The molecule has 1 N–H and O–H groups in total. The van der Waals surface area contributed by atoms with Crippen molar-refractivity contribution in [2.75, 3.05) is 13.7 Å². The third-order valence-corrected chi connectivity index (χ3v) is 6.18. The maximum absolute atomic E-state index is 12.6. The lowest BCUT2D eigenvalue weighted by atomic mass is 10.1. The predicted molar refractivity (Wildman–Crippen MR) is 138 cm³/mol. The number of rotatable bonds is 18. The molecular weight excluding hydrogens is 551 g/mol. The number of nitrogens with one attached hydrogen (secondary N) is 1. The zero-order chi connectivity index (χ0) is 24.4. The Kier molecular flexibility index (Phi) is 17.3. The summed E-state index contributed by atoms with van der Waals surface area (Å²) in [6, 6.07) is 9.41. The van der Waals surface area contributed by atoms with E-state index in [4.69, 9.17) is 9.47 Å². The lowest BCUT2D eigenvalue weighted by Gasteiger charge is -2.12. The summed E-state index contributed by atoms with van der Waals surface area (Å²) in [6.45, 7) is 3.43. The summed E-state index contributed by atoms with van der Waals surface area (Å²) in [5.41, 5.74) is 1.56. The van der Waals surface area contributed by atoms with Crippen LogP contribution >= 0.6 is 0 Å². The Bertz CT molecular complexity index is 827. The highest BCUT2D eigenvalue weighted by molar-refractivity contribution is 5.97. The molecule has 0 bridgehead atoms. The fourth-order valence-corrected chi connectivity index (χ4v) is 4.01. The lowest BCUT2D eigenvalue weighted by molar-refractivity contribution is -0.671. The van der Waals surface area contributed by atoms with Crippen LogP contribution in [0.4, 0.5) is 0 Å². The second-order valence-electron chi connectivity index (χ2n) is 9.15. The van der Waals surface area contributed by atoms with Gasteiger partial charge in [0.2, 0.25) is 0 Å². The number of hydrogen-bond donors (Lipinski definition) is 1. The van der Waals surface area contributed by atoms with E-state index >= 15 is 0 Å². The summed E-state index contributed by atoms with van der Waals surface area (Å²) in [4.78, 5) is 12.6. The van der Waals surface area contributed by atoms with Crippen LogP contribution in [0.1, 0.15) is 99.9 Å². The summed E-state index contributed by atoms with van der Waals surface area (Å²) < 4.78 is 13.3. The Hall–Kier alpha value is -1.83. The Morgan fingerprint density at radius 2 is 1.43 bits per heavy atom. The van der Waals surface area contributed by atoms with E-state index in [1.807, 2.05) is 42.2 Å². The van der Waals surface area contributed by atoms with Crippen LogP contribution in [0.15, 0.2) is 42.7 Å². The molecule has 0 saturated carbocycles. The molecule has 6 heteroatoms. The minimum Gasteiger partial charge on any atom is -1.00 e. The number of aryl methyl sites for hydroxylation is 1. The molecule has 5 nitrogen and oxygen atoms in total. The van der Waals surface area contributed by atoms with Crippen LogP contribution in [0.2, 0.25) is 0 Å². The maximum atomic E-state index is 12.6. The molecule has 1 heterocycles. The van der Waals surface area contributed by atoms with Gasteiger partial charge >= 0.3 is 0 Å². The number of methoxy groups -OCH3 is 1. The summed E-state index contributed by atoms with van der Waals surface area (Å²) in [5.74, 6) is 1.12. The Balaban J connectivity index is 0.00000612. The first kappa shape index (κ1) is 31.2. The van der Waals surface area contributed by atoms with Crippen LogP contribution in [-0.2, 0) is 13.6 Å². The molecular formula is C29H45IN2O3. The topological polar surface area (TPSA) is 51.4 Å². The van der Waals surface area contributed by atoms with Gasteiger partial charge in [-0.3, -0.25) is 4.79 Å². The summed E-state index contributed by atoms with van der Waals surface area (Å²) in [5, 5.41) is 2.96. The van der Waals surface area contributed by atoms with Crippen molar-refractivity contribution in [1.29, 1.82) is 0 Å². The Labute approximate surface area is 230 Å². The van der Waals surface area contributed by atoms with Crippen molar-refractivity contribution < 1.29 is 42.8 Å². The second-order valence-corrected chi connectivity index (χ2v) is 9.15. The highest BCUT2D eigenvalue weighted by Gasteiger charge is 2.13. The van der Waals surface area contributed by atoms with Crippen molar-refractivity contribution in [1.82, 2.24) is 5.32 Å². The normalized spacial score (nSPS) is 10.5. The molecule has 0 radical (unpaired) electrons. The van der Waals surface area contributed by atoms with Gasteiger partial charge in [-0.1, -0.05) is 77.6 Å². The standard InChI is InChI=1S/C29H44N2O3.HI/c1-4-5-6-7-8-9-10-11-12-13-14-15-22-34-26-16-17-27(28(23-26)33-3)29(32)30-24-25-18-20-31(2)21-19-25;/h16-21,23H,4-15,22,24H2,1-3H3;1H. The third kappa shape index (κ3) is 13.2. The highest BCUT2D eigenvalue weighted by Crippen LogP contribution is 2.25. The van der Waals surface area contributed by atoms with Gasteiger partial charge in [0.15, 0.2) is 12.4 Å². The van der Waals surface area contributed by atoms with E-state index in [-0.39, 0.29) is 29.9 Å². The molecule has 2 aromatic rings. The first-order chi connectivity index (χ1) is 16.6. The largest absolute Gasteiger partial charge is 1.00 e. The van der Waals surface area contributed by atoms with Crippen molar-refractivity contribution in [3.8, 4) is 11.5 Å². The van der Waals surface area contributed by atoms with Gasteiger partial charge in [-0.25, -0.2) is 4.57 Å². The summed E-state index contributed by atoms with van der Waals surface area (Å²) in [6.07, 6.45) is 19.9. The van der Waals surface area contributed by atoms with Gasteiger partial charge in [0, 0.05) is 24.7 Å². The monoisotopic (exact) mass is 596 g/mol. The molecule has 0 fully saturated rings. The highest BCUT2D eigenvalue weighted by atomic mass is 127. The molecule has 0 aliphatic rings. The quantitative estimate of drug-likeness (QED) is 0.163. The number of amides is 1. The molecule has 2 rings (SSSR count). The van der Waals surface area contributed by atoms with Crippen LogP contribution in [-0.4, -0.2) is 19.6 Å². The van der Waals surface area contributed by atoms with Crippen molar-refractivity contribution >= 4 is 5.91 Å². The Morgan fingerprint density at radius 1 is 0.857 bits per heavy atom. The number of halogens is 1. The SMILES string of the molecule is CCCCCCCCCCCCCCOc1ccc(C(=O)NCc2cc[n+](C)cc2)c(OC)c1.[I-]. The predicted octanol–water partition coefficient (Wildman–Crippen LogP) is 3.53. The molecule has 1 amide bonds. The fraction of sp³-hybridized carbons (Fsp3) is 0.586. The van der Waals surface area contributed by atoms with E-state index in [0.29, 0.717) is 24.5 Å². The number of benzene rings is 1. The van der Waals surface area contributed by atoms with E-state index in [1.54, 1.807) is 19.2 Å². The van der Waals surface area contributed by atoms with E-state index in [1.165, 1.54) is 70.6 Å². The summed E-state index contributed by atoms with van der Waals surface area (Å²) >= 11 is 0. The van der Waals surface area contributed by atoms with Gasteiger partial charge in [-0.15, -0.1) is 0 Å². The zero-order valence-electron chi connectivity index (χ0n) is 22.0. The van der Waals surface area contributed by atoms with Crippen LogP contribution in [0.25, 0.3) is 0 Å². The van der Waals surface area contributed by atoms with Crippen LogP contribution in [0.3, 0.4) is 0 Å². The number of pyridine rings is 1. The number of carbonyl (C=O) groups is 1. The molecule has 0 atom stereocenters. The molecule has 0 saturated heterocycles. The minimum atomic E-state index is -0.155. The van der Waals surface area contributed by atoms with Crippen LogP contribution < -0.4 is 43.3 Å². The van der Waals surface area contributed by atoms with Gasteiger partial charge in [-0.05, 0) is 24.1 Å². The first-order valence-corrected chi connectivity index (χ1v) is 13.2. The van der Waals surface area contributed by atoms with E-state index in [9.17, 15) is 4.79 Å². The molecule has 0 aliphatic carbocycles. The van der Waals surface area contributed by atoms with Gasteiger partial charge in [0.25, 0.3) is 5.91 Å². The van der Waals surface area contributed by atoms with E-state index in [2.05, 4.69) is 12.2 Å². The average Bonchev–Trinajstić information content (AvgIpc) is 2.86. The van der Waals surface area contributed by atoms with E-state index < -0.39 is 0 Å². The number of carbonyl (C=O) groups excluding carboxylic acids is 1. The smallest absolute Gasteiger partial charge is 0.255 e. The molecule has 196 valence electrons. The number of ether oxygens (including phenoxy) is 2. The van der Waals surface area contributed by atoms with Gasteiger partial charge < -0.3 is 38.8 Å². The van der Waals surface area contributed by atoms with E-state index in [0.717, 1.165) is 17.7 Å². The molecule has 0 spiro atoms. The first-order valence-electron chi connectivity index (χ1n) is 13.2. The maximum Gasteiger partial charge on any atom is 0.255 e. The van der Waals surface area contributed by atoms with Crippen LogP contribution in [0.5, 0.6) is 11.5 Å². The molecule has 0 aliphatic heterocycles. The number of nitrogens with zero attached hydrogens (tertiary/aromatic N) is 1. The van der Waals surface area contributed by atoms with Crippen molar-refractivity contribution in [2.45, 2.75) is 90.5 Å². The molecule has 1 aromatic heterocycles. The lowest BCUT2D eigenvalue weighted by Crippen LogP contribution is -3.00. The van der Waals surface area contributed by atoms with Crippen molar-refractivity contribution in [2.24, 2.45) is 7.05 Å². The fourth-order valence-electron chi connectivity index (χ4n) is 4.01. The summed E-state index contributed by atoms with van der Waals surface area (Å²) in [7, 11) is 3.55. The van der Waals surface area contributed by atoms with Gasteiger partial charge in [0.1, 0.15) is 18.5 Å². The number of unbranched alkanes of at least 4 members (excludes halogenated alkanes) is 11. The van der Waals surface area contributed by atoms with Crippen LogP contribution in [0, 0.1) is 0 Å². The molecule has 35 heavy (non-hydrogen) atoms. The second kappa shape index (κ2) is 19.4. The number of hydrogen-bond acceptors (Lipinski definition) is 3. The van der Waals surface area contributed by atoms with Crippen molar-refractivity contribution in [3.05, 3.63) is 53.9 Å². The minimum absolute atomic E-state index is 0. The Morgan fingerprint density at radius 3 is 2.00 bits per heavy atom. The van der Waals surface area contributed by atoms with Gasteiger partial charge in [0.05, 0.1) is 19.3 Å². The average molecular weight is 597 g/mol.